The molecule has 0 heterocycles. The van der Waals surface area contributed by atoms with Crippen LogP contribution in [-0.2, 0) is 0 Å². The standard InChI is InChI=1S/C12H16/c1-9(2)11-7-5-6-8-12(11)10(3)4/h5-10H,1,3H2,2,4H3. The molecule has 1 rings (SSSR count). The quantitative estimate of drug-likeness (QED) is 0.620. The SMILES string of the molecule is [CH2]C(C)c1ccccc1C([CH2])C. The van der Waals surface area contributed by atoms with Gasteiger partial charge >= 0.3 is 0 Å². The molecule has 12 heavy (non-hydrogen) atoms. The average molecular weight is 160 g/mol. The molecule has 0 aliphatic heterocycles. The Hall–Kier alpha value is -0.780. The summed E-state index contributed by atoms with van der Waals surface area (Å²) in [6.45, 7) is 12.3. The van der Waals surface area contributed by atoms with Crippen LogP contribution in [-0.4, -0.2) is 0 Å². The highest BCUT2D eigenvalue weighted by molar-refractivity contribution is 5.33. The van der Waals surface area contributed by atoms with E-state index in [1.165, 1.54) is 11.1 Å². The Balaban J connectivity index is 3.09. The van der Waals surface area contributed by atoms with E-state index in [0.717, 1.165) is 0 Å². The van der Waals surface area contributed by atoms with Crippen molar-refractivity contribution in [2.45, 2.75) is 25.7 Å². The summed E-state index contributed by atoms with van der Waals surface area (Å²) in [5.41, 5.74) is 2.64. The number of hydrogen-bond donors (Lipinski definition) is 0. The van der Waals surface area contributed by atoms with Crippen LogP contribution in [0.4, 0.5) is 0 Å². The minimum absolute atomic E-state index is 0.352. The molecule has 2 radical (unpaired) electrons. The van der Waals surface area contributed by atoms with Crippen molar-refractivity contribution in [1.82, 2.24) is 0 Å². The highest BCUT2D eigenvalue weighted by Crippen LogP contribution is 2.24. The highest BCUT2D eigenvalue weighted by atomic mass is 14.1. The highest BCUT2D eigenvalue weighted by Gasteiger charge is 2.07. The lowest BCUT2D eigenvalue weighted by Gasteiger charge is -2.14. The molecule has 0 aliphatic rings. The van der Waals surface area contributed by atoms with Gasteiger partial charge in [-0.05, 0) is 36.8 Å². The molecule has 0 amide bonds. The average Bonchev–Trinajstić information content (AvgIpc) is 2.04. The third kappa shape index (κ3) is 1.88. The molecule has 0 fully saturated rings. The van der Waals surface area contributed by atoms with Gasteiger partial charge in [0.2, 0.25) is 0 Å². The minimum atomic E-state index is 0.352. The van der Waals surface area contributed by atoms with Crippen molar-refractivity contribution in [2.24, 2.45) is 0 Å². The molecule has 0 saturated heterocycles. The molecule has 1 aromatic rings. The van der Waals surface area contributed by atoms with Gasteiger partial charge in [-0.2, -0.15) is 0 Å². The van der Waals surface area contributed by atoms with E-state index >= 15 is 0 Å². The molecule has 0 heteroatoms. The van der Waals surface area contributed by atoms with Crippen LogP contribution in [0.2, 0.25) is 0 Å². The maximum absolute atomic E-state index is 4.02. The summed E-state index contributed by atoms with van der Waals surface area (Å²) in [5, 5.41) is 0. The fraction of sp³-hybridized carbons (Fsp3) is 0.333. The van der Waals surface area contributed by atoms with E-state index < -0.39 is 0 Å². The monoisotopic (exact) mass is 160 g/mol. The molecule has 0 spiro atoms. The molecule has 0 N–H and O–H groups in total. The van der Waals surface area contributed by atoms with Gasteiger partial charge in [0.15, 0.2) is 0 Å². The van der Waals surface area contributed by atoms with Crippen molar-refractivity contribution in [1.29, 1.82) is 0 Å². The normalized spacial score (nSPS) is 11.2. The van der Waals surface area contributed by atoms with E-state index in [0.29, 0.717) is 11.8 Å². The minimum Gasteiger partial charge on any atom is -0.0620 e. The summed E-state index contributed by atoms with van der Waals surface area (Å²) in [7, 11) is 0. The zero-order chi connectivity index (χ0) is 9.14. The second-order valence-corrected chi connectivity index (χ2v) is 3.43. The Morgan fingerprint density at radius 3 is 1.50 bits per heavy atom. The van der Waals surface area contributed by atoms with E-state index in [2.05, 4.69) is 52.0 Å². The van der Waals surface area contributed by atoms with Crippen LogP contribution >= 0.6 is 0 Å². The van der Waals surface area contributed by atoms with Crippen LogP contribution in [0.3, 0.4) is 0 Å². The maximum atomic E-state index is 4.02. The molecule has 0 aromatic heterocycles. The Kier molecular flexibility index (Phi) is 2.91. The third-order valence-corrected chi connectivity index (χ3v) is 2.06. The van der Waals surface area contributed by atoms with Crippen LogP contribution in [0.1, 0.15) is 36.8 Å². The van der Waals surface area contributed by atoms with Gasteiger partial charge in [0.05, 0.1) is 0 Å². The molecule has 0 nitrogen and oxygen atoms in total. The predicted molar refractivity (Wildman–Crippen MR) is 54.0 cm³/mol. The van der Waals surface area contributed by atoms with Gasteiger partial charge in [0, 0.05) is 0 Å². The van der Waals surface area contributed by atoms with Gasteiger partial charge in [-0.1, -0.05) is 38.1 Å². The Labute approximate surface area is 75.6 Å². The van der Waals surface area contributed by atoms with E-state index in [4.69, 9.17) is 0 Å². The van der Waals surface area contributed by atoms with Crippen molar-refractivity contribution >= 4 is 0 Å². The first-order chi connectivity index (χ1) is 5.63. The zero-order valence-electron chi connectivity index (χ0n) is 7.88. The predicted octanol–water partition coefficient (Wildman–Crippen LogP) is 3.56. The van der Waals surface area contributed by atoms with Crippen LogP contribution in [0.25, 0.3) is 0 Å². The summed E-state index contributed by atoms with van der Waals surface area (Å²) in [6.07, 6.45) is 0. The Morgan fingerprint density at radius 2 is 1.25 bits per heavy atom. The van der Waals surface area contributed by atoms with Gasteiger partial charge < -0.3 is 0 Å². The molecule has 2 unspecified atom stereocenters. The van der Waals surface area contributed by atoms with E-state index in [1.54, 1.807) is 0 Å². The first-order valence-electron chi connectivity index (χ1n) is 4.38. The molecule has 2 atom stereocenters. The fourth-order valence-corrected chi connectivity index (χ4v) is 1.41. The van der Waals surface area contributed by atoms with Crippen LogP contribution in [0, 0.1) is 13.8 Å². The lowest BCUT2D eigenvalue weighted by Crippen LogP contribution is -1.97. The van der Waals surface area contributed by atoms with E-state index in [9.17, 15) is 0 Å². The van der Waals surface area contributed by atoms with Crippen LogP contribution < -0.4 is 0 Å². The van der Waals surface area contributed by atoms with E-state index in [-0.39, 0.29) is 0 Å². The summed E-state index contributed by atoms with van der Waals surface area (Å²) < 4.78 is 0. The molecule has 0 saturated carbocycles. The summed E-state index contributed by atoms with van der Waals surface area (Å²) >= 11 is 0. The van der Waals surface area contributed by atoms with E-state index in [1.807, 2.05) is 0 Å². The smallest absolute Gasteiger partial charge is 0.0187 e. The van der Waals surface area contributed by atoms with Crippen molar-refractivity contribution in [3.63, 3.8) is 0 Å². The summed E-state index contributed by atoms with van der Waals surface area (Å²) in [5.74, 6) is 0.704. The number of hydrogen-bond acceptors (Lipinski definition) is 0. The summed E-state index contributed by atoms with van der Waals surface area (Å²) in [6, 6.07) is 8.38. The molecular weight excluding hydrogens is 144 g/mol. The lowest BCUT2D eigenvalue weighted by atomic mass is 9.91. The zero-order valence-corrected chi connectivity index (χ0v) is 7.88. The Bertz CT molecular complexity index is 219. The first kappa shape index (κ1) is 9.31. The number of rotatable bonds is 2. The maximum Gasteiger partial charge on any atom is -0.0187 e. The fourth-order valence-electron chi connectivity index (χ4n) is 1.41. The third-order valence-electron chi connectivity index (χ3n) is 2.06. The summed E-state index contributed by atoms with van der Waals surface area (Å²) in [4.78, 5) is 0. The van der Waals surface area contributed by atoms with Crippen molar-refractivity contribution in [3.05, 3.63) is 49.2 Å². The molecule has 0 bridgehead atoms. The Morgan fingerprint density at radius 1 is 0.917 bits per heavy atom. The lowest BCUT2D eigenvalue weighted by molar-refractivity contribution is 0.877. The molecule has 1 aromatic carbocycles. The molecule has 64 valence electrons. The van der Waals surface area contributed by atoms with Gasteiger partial charge in [-0.15, -0.1) is 0 Å². The van der Waals surface area contributed by atoms with Gasteiger partial charge in [0.25, 0.3) is 0 Å². The topological polar surface area (TPSA) is 0 Å². The molecular formula is C12H16. The van der Waals surface area contributed by atoms with Crippen LogP contribution in [0.15, 0.2) is 24.3 Å². The van der Waals surface area contributed by atoms with Gasteiger partial charge in [-0.25, -0.2) is 0 Å². The first-order valence-corrected chi connectivity index (χ1v) is 4.38. The van der Waals surface area contributed by atoms with Gasteiger partial charge in [-0.3, -0.25) is 0 Å². The molecule has 0 aliphatic carbocycles. The van der Waals surface area contributed by atoms with Crippen LogP contribution in [0.5, 0.6) is 0 Å². The van der Waals surface area contributed by atoms with Gasteiger partial charge in [0.1, 0.15) is 0 Å². The second-order valence-electron chi connectivity index (χ2n) is 3.43. The van der Waals surface area contributed by atoms with Crippen molar-refractivity contribution in [2.75, 3.05) is 0 Å². The van der Waals surface area contributed by atoms with Crippen molar-refractivity contribution in [3.8, 4) is 0 Å². The van der Waals surface area contributed by atoms with Crippen molar-refractivity contribution < 1.29 is 0 Å². The largest absolute Gasteiger partial charge is 0.0620 e. The second kappa shape index (κ2) is 3.75. The number of benzene rings is 1.